The molecule has 0 saturated heterocycles. The van der Waals surface area contributed by atoms with Crippen LogP contribution in [0.5, 0.6) is 0 Å². The highest BCUT2D eigenvalue weighted by Crippen LogP contribution is 2.23. The lowest BCUT2D eigenvalue weighted by atomic mass is 10.1. The van der Waals surface area contributed by atoms with Gasteiger partial charge >= 0.3 is 0 Å². The lowest BCUT2D eigenvalue weighted by molar-refractivity contribution is -0.117. The number of amides is 1. The van der Waals surface area contributed by atoms with Crippen molar-refractivity contribution < 1.29 is 4.79 Å². The molecule has 0 fully saturated rings. The molecule has 2 rings (SSSR count). The number of hydrogen-bond donors (Lipinski definition) is 1. The van der Waals surface area contributed by atoms with Crippen molar-refractivity contribution in [2.24, 2.45) is 0 Å². The molecule has 0 saturated carbocycles. The lowest BCUT2D eigenvalue weighted by Gasteiger charge is -2.23. The summed E-state index contributed by atoms with van der Waals surface area (Å²) >= 11 is 1.72. The van der Waals surface area contributed by atoms with Crippen LogP contribution in [0, 0.1) is 13.8 Å². The van der Waals surface area contributed by atoms with Crippen molar-refractivity contribution >= 4 is 22.9 Å². The van der Waals surface area contributed by atoms with Crippen LogP contribution in [-0.4, -0.2) is 24.4 Å². The minimum Gasteiger partial charge on any atom is -0.325 e. The van der Waals surface area contributed by atoms with Crippen LogP contribution in [0.4, 0.5) is 5.69 Å². The van der Waals surface area contributed by atoms with Gasteiger partial charge in [-0.15, -0.1) is 11.3 Å². The SMILES string of the molecule is Cc1ccc(NC(=O)CN(C)[C@H](C)c2cccs2)c(C)c1. The highest BCUT2D eigenvalue weighted by atomic mass is 32.1. The van der Waals surface area contributed by atoms with Crippen LogP contribution in [-0.2, 0) is 4.79 Å². The molecule has 1 atom stereocenters. The Morgan fingerprint density at radius 1 is 1.33 bits per heavy atom. The third-order valence-corrected chi connectivity index (χ3v) is 4.71. The maximum atomic E-state index is 12.2. The fourth-order valence-corrected chi connectivity index (χ4v) is 3.10. The molecule has 1 aromatic carbocycles. The molecule has 21 heavy (non-hydrogen) atoms. The van der Waals surface area contributed by atoms with Gasteiger partial charge in [-0.2, -0.15) is 0 Å². The van der Waals surface area contributed by atoms with Gasteiger partial charge in [0.15, 0.2) is 0 Å². The van der Waals surface area contributed by atoms with Gasteiger partial charge in [-0.25, -0.2) is 0 Å². The number of nitrogens with zero attached hydrogens (tertiary/aromatic N) is 1. The van der Waals surface area contributed by atoms with Crippen LogP contribution in [0.15, 0.2) is 35.7 Å². The van der Waals surface area contributed by atoms with Crippen LogP contribution in [0.25, 0.3) is 0 Å². The predicted octanol–water partition coefficient (Wildman–Crippen LogP) is 4.00. The zero-order valence-electron chi connectivity index (χ0n) is 13.0. The average molecular weight is 302 g/mol. The Hall–Kier alpha value is -1.65. The molecule has 3 nitrogen and oxygen atoms in total. The molecule has 1 heterocycles. The van der Waals surface area contributed by atoms with Crippen LogP contribution in [0.2, 0.25) is 0 Å². The van der Waals surface area contributed by atoms with Crippen LogP contribution in [0.3, 0.4) is 0 Å². The second-order valence-corrected chi connectivity index (χ2v) is 6.45. The van der Waals surface area contributed by atoms with E-state index in [1.165, 1.54) is 10.4 Å². The van der Waals surface area contributed by atoms with Gasteiger partial charge < -0.3 is 5.32 Å². The average Bonchev–Trinajstić information content (AvgIpc) is 2.95. The van der Waals surface area contributed by atoms with Crippen molar-refractivity contribution in [2.45, 2.75) is 26.8 Å². The molecule has 112 valence electrons. The van der Waals surface area contributed by atoms with Crippen molar-refractivity contribution in [3.63, 3.8) is 0 Å². The Morgan fingerprint density at radius 3 is 2.71 bits per heavy atom. The Labute approximate surface area is 130 Å². The molecule has 0 spiro atoms. The summed E-state index contributed by atoms with van der Waals surface area (Å²) in [6.07, 6.45) is 0. The van der Waals surface area contributed by atoms with Crippen LogP contribution < -0.4 is 5.32 Å². The second kappa shape index (κ2) is 6.87. The lowest BCUT2D eigenvalue weighted by Crippen LogP contribution is -2.32. The molecule has 4 heteroatoms. The normalized spacial score (nSPS) is 12.4. The van der Waals surface area contributed by atoms with Crippen molar-refractivity contribution in [3.05, 3.63) is 51.7 Å². The van der Waals surface area contributed by atoms with E-state index < -0.39 is 0 Å². The predicted molar refractivity (Wildman–Crippen MR) is 89.9 cm³/mol. The molecule has 1 N–H and O–H groups in total. The number of anilines is 1. The molecule has 1 aromatic heterocycles. The Kier molecular flexibility index (Phi) is 5.15. The molecule has 0 radical (unpaired) electrons. The van der Waals surface area contributed by atoms with Crippen molar-refractivity contribution in [1.29, 1.82) is 0 Å². The monoisotopic (exact) mass is 302 g/mol. The number of benzene rings is 1. The van der Waals surface area contributed by atoms with E-state index in [1.54, 1.807) is 11.3 Å². The maximum Gasteiger partial charge on any atom is 0.238 e. The first-order chi connectivity index (χ1) is 9.97. The van der Waals surface area contributed by atoms with E-state index >= 15 is 0 Å². The minimum absolute atomic E-state index is 0.0212. The fraction of sp³-hybridized carbons (Fsp3) is 0.353. The van der Waals surface area contributed by atoms with E-state index in [0.29, 0.717) is 6.54 Å². The smallest absolute Gasteiger partial charge is 0.238 e. The number of likely N-dealkylation sites (N-methyl/N-ethyl adjacent to an activating group) is 1. The first kappa shape index (κ1) is 15.7. The van der Waals surface area contributed by atoms with E-state index in [9.17, 15) is 4.79 Å². The van der Waals surface area contributed by atoms with Crippen molar-refractivity contribution in [3.8, 4) is 0 Å². The van der Waals surface area contributed by atoms with Gasteiger partial charge in [0.25, 0.3) is 0 Å². The summed E-state index contributed by atoms with van der Waals surface area (Å²) in [5, 5.41) is 5.06. The Morgan fingerprint density at radius 2 is 2.10 bits per heavy atom. The summed E-state index contributed by atoms with van der Waals surface area (Å²) in [5.74, 6) is 0.0212. The standard InChI is InChI=1S/C17H22N2OS/c1-12-7-8-15(13(2)10-12)18-17(20)11-19(4)14(3)16-6-5-9-21-16/h5-10,14H,11H2,1-4H3,(H,18,20)/t14-/m1/s1. The van der Waals surface area contributed by atoms with E-state index in [4.69, 9.17) is 0 Å². The number of carbonyl (C=O) groups excluding carboxylic acids is 1. The number of rotatable bonds is 5. The van der Waals surface area contributed by atoms with Gasteiger partial charge in [0.05, 0.1) is 6.54 Å². The first-order valence-corrected chi connectivity index (χ1v) is 7.96. The second-order valence-electron chi connectivity index (χ2n) is 5.47. The van der Waals surface area contributed by atoms with Gasteiger partial charge in [0, 0.05) is 16.6 Å². The molecule has 0 aliphatic heterocycles. The summed E-state index contributed by atoms with van der Waals surface area (Å²) in [6, 6.07) is 10.4. The number of hydrogen-bond acceptors (Lipinski definition) is 3. The summed E-state index contributed by atoms with van der Waals surface area (Å²) in [7, 11) is 1.98. The van der Waals surface area contributed by atoms with Gasteiger partial charge in [-0.05, 0) is 50.9 Å². The first-order valence-electron chi connectivity index (χ1n) is 7.08. The number of nitrogens with one attached hydrogen (secondary N) is 1. The van der Waals surface area contributed by atoms with E-state index in [1.807, 2.05) is 32.2 Å². The highest BCUT2D eigenvalue weighted by molar-refractivity contribution is 7.10. The van der Waals surface area contributed by atoms with Gasteiger partial charge in [0.1, 0.15) is 0 Å². The molecular weight excluding hydrogens is 280 g/mol. The van der Waals surface area contributed by atoms with E-state index in [-0.39, 0.29) is 11.9 Å². The third-order valence-electron chi connectivity index (χ3n) is 3.67. The minimum atomic E-state index is 0.0212. The molecule has 1 amide bonds. The largest absolute Gasteiger partial charge is 0.325 e. The fourth-order valence-electron chi connectivity index (χ4n) is 2.25. The van der Waals surface area contributed by atoms with Gasteiger partial charge in [-0.3, -0.25) is 9.69 Å². The summed E-state index contributed by atoms with van der Waals surface area (Å²) in [5.41, 5.74) is 3.19. The highest BCUT2D eigenvalue weighted by Gasteiger charge is 2.16. The zero-order valence-corrected chi connectivity index (χ0v) is 13.8. The van der Waals surface area contributed by atoms with Crippen LogP contribution >= 0.6 is 11.3 Å². The van der Waals surface area contributed by atoms with Crippen LogP contribution in [0.1, 0.15) is 29.0 Å². The number of carbonyl (C=O) groups is 1. The van der Waals surface area contributed by atoms with E-state index in [2.05, 4.69) is 41.6 Å². The number of aryl methyl sites for hydroxylation is 2. The summed E-state index contributed by atoms with van der Waals surface area (Å²) < 4.78 is 0. The molecule has 0 bridgehead atoms. The Bertz CT molecular complexity index is 607. The van der Waals surface area contributed by atoms with Gasteiger partial charge in [-0.1, -0.05) is 23.8 Å². The van der Waals surface area contributed by atoms with Crippen molar-refractivity contribution in [2.75, 3.05) is 18.9 Å². The maximum absolute atomic E-state index is 12.2. The number of thiophene rings is 1. The van der Waals surface area contributed by atoms with Crippen molar-refractivity contribution in [1.82, 2.24) is 4.90 Å². The van der Waals surface area contributed by atoms with E-state index in [0.717, 1.165) is 11.3 Å². The molecule has 2 aromatic rings. The molecular formula is C17H22N2OS. The quantitative estimate of drug-likeness (QED) is 0.905. The molecule has 0 unspecified atom stereocenters. The summed E-state index contributed by atoms with van der Waals surface area (Å²) in [4.78, 5) is 15.5. The molecule has 0 aliphatic rings. The zero-order chi connectivity index (χ0) is 15.4. The topological polar surface area (TPSA) is 32.3 Å². The Balaban J connectivity index is 1.95. The summed E-state index contributed by atoms with van der Waals surface area (Å²) in [6.45, 7) is 6.57. The molecule has 0 aliphatic carbocycles. The third kappa shape index (κ3) is 4.16. The van der Waals surface area contributed by atoms with Gasteiger partial charge in [0.2, 0.25) is 5.91 Å².